The zero-order valence-electron chi connectivity index (χ0n) is 25.2. The number of alkyl halides is 2. The van der Waals surface area contributed by atoms with Crippen LogP contribution in [-0.4, -0.2) is 71.2 Å². The Hall–Kier alpha value is -5.83. The largest absolute Gasteiger partial charge is 0.377 e. The second-order valence-corrected chi connectivity index (χ2v) is 11.8. The number of hydrogen-bond donors (Lipinski definition) is 2. The quantitative estimate of drug-likeness (QED) is 0.276. The molecule has 0 saturated carbocycles. The van der Waals surface area contributed by atoms with Gasteiger partial charge in [-0.3, -0.25) is 4.98 Å². The molecule has 5 heterocycles. The summed E-state index contributed by atoms with van der Waals surface area (Å²) in [6, 6.07) is 21.5. The minimum Gasteiger partial charge on any atom is -0.377 e. The van der Waals surface area contributed by atoms with Crippen LogP contribution in [0, 0.1) is 5.82 Å². The molecular weight excluding hydrogens is 625 g/mol. The van der Waals surface area contributed by atoms with Crippen LogP contribution in [0.25, 0.3) is 28.2 Å². The zero-order valence-corrected chi connectivity index (χ0v) is 25.2. The first-order chi connectivity index (χ1) is 23.2. The molecule has 6 aromatic rings. The van der Waals surface area contributed by atoms with Crippen LogP contribution >= 0.6 is 0 Å². The maximum Gasteiger partial charge on any atom is 0.347 e. The van der Waals surface area contributed by atoms with E-state index in [1.54, 1.807) is 6.07 Å². The number of pyridine rings is 1. The maximum atomic E-state index is 16.1. The third-order valence-electron chi connectivity index (χ3n) is 9.07. The summed E-state index contributed by atoms with van der Waals surface area (Å²) in [5.74, 6) is -4.44. The molecule has 2 N–H and O–H groups in total. The number of benzene rings is 3. The van der Waals surface area contributed by atoms with Gasteiger partial charge in [0.15, 0.2) is 11.4 Å². The molecular formula is C33H27F3N10O2. The van der Waals surface area contributed by atoms with Gasteiger partial charge in [-0.15, -0.1) is 5.10 Å². The van der Waals surface area contributed by atoms with Crippen molar-refractivity contribution in [2.24, 2.45) is 0 Å². The lowest BCUT2D eigenvalue weighted by Crippen LogP contribution is -2.49. The van der Waals surface area contributed by atoms with E-state index in [0.717, 1.165) is 71.7 Å². The molecule has 2 aliphatic rings. The predicted molar refractivity (Wildman–Crippen MR) is 169 cm³/mol. The van der Waals surface area contributed by atoms with Crippen molar-refractivity contribution < 1.29 is 18.3 Å². The fourth-order valence-corrected chi connectivity index (χ4v) is 6.44. The Morgan fingerprint density at radius 3 is 2.10 bits per heavy atom. The number of tetrazole rings is 1. The van der Waals surface area contributed by atoms with E-state index in [1.807, 2.05) is 48.5 Å². The molecule has 0 bridgehead atoms. The van der Waals surface area contributed by atoms with E-state index < -0.39 is 29.6 Å². The van der Waals surface area contributed by atoms with Gasteiger partial charge in [0, 0.05) is 60.4 Å². The Morgan fingerprint density at radius 1 is 0.833 bits per heavy atom. The highest BCUT2D eigenvalue weighted by Gasteiger charge is 2.59. The second kappa shape index (κ2) is 11.2. The van der Waals surface area contributed by atoms with Crippen LogP contribution < -0.4 is 15.5 Å². The van der Waals surface area contributed by atoms with E-state index >= 15 is 8.78 Å². The summed E-state index contributed by atoms with van der Waals surface area (Å²) in [5.41, 5.74) is 0.391. The Labute approximate surface area is 270 Å². The van der Waals surface area contributed by atoms with Crippen molar-refractivity contribution in [3.05, 3.63) is 119 Å². The molecule has 0 unspecified atom stereocenters. The van der Waals surface area contributed by atoms with Gasteiger partial charge in [0.2, 0.25) is 0 Å². The SMILES string of the molecule is O=c1[nH]ncn1-c1ccc(N2CCN(c3ccc(-c4ccc(C(F)(F)[C@]5(O)Cn6nnnc6-c6cc(F)ccc65)nc4)cc3)CC2)cc1. The molecule has 1 saturated heterocycles. The van der Waals surface area contributed by atoms with Gasteiger partial charge in [-0.1, -0.05) is 24.3 Å². The third kappa shape index (κ3) is 4.81. The summed E-state index contributed by atoms with van der Waals surface area (Å²) in [4.78, 5) is 20.5. The second-order valence-electron chi connectivity index (χ2n) is 11.8. The molecule has 0 amide bonds. The molecule has 0 radical (unpaired) electrons. The minimum absolute atomic E-state index is 0.00866. The van der Waals surface area contributed by atoms with Crippen LogP contribution in [0.15, 0.2) is 96.2 Å². The highest BCUT2D eigenvalue weighted by Crippen LogP contribution is 2.50. The fraction of sp³-hybridized carbons (Fsp3) is 0.212. The average Bonchev–Trinajstić information content (AvgIpc) is 3.77. The van der Waals surface area contributed by atoms with Gasteiger partial charge < -0.3 is 14.9 Å². The number of aromatic amines is 1. The van der Waals surface area contributed by atoms with Gasteiger partial charge in [-0.2, -0.15) is 13.9 Å². The number of piperazine rings is 1. The summed E-state index contributed by atoms with van der Waals surface area (Å²) < 4.78 is 48.8. The normalized spacial score (nSPS) is 17.7. The predicted octanol–water partition coefficient (Wildman–Crippen LogP) is 3.74. The first-order valence-electron chi connectivity index (χ1n) is 15.2. The van der Waals surface area contributed by atoms with Crippen molar-refractivity contribution in [2.75, 3.05) is 36.0 Å². The lowest BCUT2D eigenvalue weighted by atomic mass is 9.80. The topological polar surface area (TPSA) is 134 Å². The van der Waals surface area contributed by atoms with Gasteiger partial charge >= 0.3 is 11.6 Å². The Morgan fingerprint density at radius 2 is 1.48 bits per heavy atom. The molecule has 3 aromatic heterocycles. The number of aliphatic hydroxyl groups is 1. The van der Waals surface area contributed by atoms with E-state index in [9.17, 15) is 14.3 Å². The Balaban J connectivity index is 0.949. The molecule has 2 aliphatic heterocycles. The number of H-pyrrole nitrogens is 1. The molecule has 48 heavy (non-hydrogen) atoms. The third-order valence-corrected chi connectivity index (χ3v) is 9.07. The van der Waals surface area contributed by atoms with Crippen molar-refractivity contribution in [2.45, 2.75) is 18.1 Å². The summed E-state index contributed by atoms with van der Waals surface area (Å²) in [6.45, 7) is 2.59. The van der Waals surface area contributed by atoms with Gasteiger partial charge in [-0.25, -0.2) is 23.5 Å². The minimum atomic E-state index is -3.87. The van der Waals surface area contributed by atoms with E-state index in [1.165, 1.54) is 23.2 Å². The van der Waals surface area contributed by atoms with Crippen LogP contribution in [0.4, 0.5) is 24.5 Å². The standard InChI is InChI=1S/C33H27F3N10O2/c34-23-4-11-28-27(17-23)30-39-41-42-46(30)19-32(28,48)33(35,36)29-12-3-22(18-37-29)21-1-5-24(6-2-21)43-13-15-44(16-14-43)25-7-9-26(10-8-25)45-20-38-40-31(45)47/h1-12,17-18,20,48H,13-16,19H2,(H,40,47)/t32-/m0/s1. The van der Waals surface area contributed by atoms with E-state index in [4.69, 9.17) is 0 Å². The molecule has 12 nitrogen and oxygen atoms in total. The number of nitrogens with zero attached hydrogens (tertiary/aromatic N) is 9. The van der Waals surface area contributed by atoms with Crippen LogP contribution in [-0.2, 0) is 18.1 Å². The van der Waals surface area contributed by atoms with Crippen LogP contribution in [0.5, 0.6) is 0 Å². The van der Waals surface area contributed by atoms with Crippen molar-refractivity contribution in [3.63, 3.8) is 0 Å². The van der Waals surface area contributed by atoms with Crippen molar-refractivity contribution in [1.29, 1.82) is 0 Å². The molecule has 242 valence electrons. The summed E-state index contributed by atoms with van der Waals surface area (Å²) in [6.07, 6.45) is 2.80. The molecule has 1 atom stereocenters. The van der Waals surface area contributed by atoms with E-state index in [-0.39, 0.29) is 22.6 Å². The average molecular weight is 653 g/mol. The number of nitrogens with one attached hydrogen (secondary N) is 1. The summed E-state index contributed by atoms with van der Waals surface area (Å²) >= 11 is 0. The summed E-state index contributed by atoms with van der Waals surface area (Å²) in [5, 5.41) is 28.7. The number of hydrogen-bond acceptors (Lipinski definition) is 9. The Bertz CT molecular complexity index is 2160. The highest BCUT2D eigenvalue weighted by molar-refractivity contribution is 5.67. The van der Waals surface area contributed by atoms with Crippen LogP contribution in [0.2, 0.25) is 0 Å². The number of anilines is 2. The lowest BCUT2D eigenvalue weighted by molar-refractivity contribution is -0.207. The number of fused-ring (bicyclic) bond motifs is 3. The van der Waals surface area contributed by atoms with Gasteiger partial charge in [0.25, 0.3) is 0 Å². The van der Waals surface area contributed by atoms with Gasteiger partial charge in [0.1, 0.15) is 17.8 Å². The number of halogens is 3. The zero-order chi connectivity index (χ0) is 33.0. The van der Waals surface area contributed by atoms with E-state index in [0.29, 0.717) is 5.56 Å². The molecule has 0 spiro atoms. The number of rotatable bonds is 6. The Kier molecular flexibility index (Phi) is 6.87. The molecule has 0 aliphatic carbocycles. The number of aromatic nitrogens is 8. The highest BCUT2D eigenvalue weighted by atomic mass is 19.3. The van der Waals surface area contributed by atoms with Crippen molar-refractivity contribution in [3.8, 4) is 28.2 Å². The van der Waals surface area contributed by atoms with Crippen molar-refractivity contribution in [1.82, 2.24) is 40.0 Å². The fourth-order valence-electron chi connectivity index (χ4n) is 6.44. The van der Waals surface area contributed by atoms with E-state index in [2.05, 4.69) is 40.5 Å². The molecule has 3 aromatic carbocycles. The smallest absolute Gasteiger partial charge is 0.347 e. The molecule has 15 heteroatoms. The summed E-state index contributed by atoms with van der Waals surface area (Å²) in [7, 11) is 0. The molecule has 1 fully saturated rings. The maximum absolute atomic E-state index is 16.1. The van der Waals surface area contributed by atoms with Crippen molar-refractivity contribution >= 4 is 11.4 Å². The van der Waals surface area contributed by atoms with Gasteiger partial charge in [0.05, 0.1) is 12.2 Å². The lowest BCUT2D eigenvalue weighted by Gasteiger charge is -2.39. The first kappa shape index (κ1) is 29.6. The first-order valence-corrected chi connectivity index (χ1v) is 15.2. The monoisotopic (exact) mass is 652 g/mol. The molecule has 8 rings (SSSR count). The van der Waals surface area contributed by atoms with Crippen LogP contribution in [0.1, 0.15) is 11.3 Å². The van der Waals surface area contributed by atoms with Gasteiger partial charge in [-0.05, 0) is 70.6 Å². The van der Waals surface area contributed by atoms with Crippen LogP contribution in [0.3, 0.4) is 0 Å².